The van der Waals surface area contributed by atoms with Gasteiger partial charge >= 0.3 is 0 Å². The van der Waals surface area contributed by atoms with Crippen LogP contribution in [0, 0.1) is 0 Å². The van der Waals surface area contributed by atoms with Gasteiger partial charge in [-0.05, 0) is 50.1 Å². The van der Waals surface area contributed by atoms with Crippen molar-refractivity contribution in [2.45, 2.75) is 6.92 Å². The third-order valence-corrected chi connectivity index (χ3v) is 4.78. The SMILES string of the molecule is COc1c(Br)cc(C(=O)c2c(C(C)=O)oc3ccccc23)cc1Br. The maximum absolute atomic E-state index is 13.1. The highest BCUT2D eigenvalue weighted by Crippen LogP contribution is 2.36. The molecule has 0 aliphatic heterocycles. The molecule has 0 atom stereocenters. The first-order valence-corrected chi connectivity index (χ1v) is 8.62. The third kappa shape index (κ3) is 2.80. The average molecular weight is 452 g/mol. The number of carbonyl (C=O) groups is 2. The van der Waals surface area contributed by atoms with Crippen molar-refractivity contribution in [2.24, 2.45) is 0 Å². The van der Waals surface area contributed by atoms with E-state index in [4.69, 9.17) is 9.15 Å². The lowest BCUT2D eigenvalue weighted by Crippen LogP contribution is -2.06. The van der Waals surface area contributed by atoms with Gasteiger partial charge in [0, 0.05) is 17.9 Å². The van der Waals surface area contributed by atoms with Crippen LogP contribution in [0.15, 0.2) is 49.8 Å². The number of hydrogen-bond acceptors (Lipinski definition) is 4. The second-order valence-corrected chi connectivity index (χ2v) is 6.87. The van der Waals surface area contributed by atoms with Gasteiger partial charge in [0.15, 0.2) is 17.3 Å². The molecule has 0 saturated carbocycles. The topological polar surface area (TPSA) is 56.5 Å². The number of carbonyl (C=O) groups excluding carboxylic acids is 2. The second-order valence-electron chi connectivity index (χ2n) is 5.16. The smallest absolute Gasteiger partial charge is 0.197 e. The lowest BCUT2D eigenvalue weighted by Gasteiger charge is -2.09. The molecule has 0 fully saturated rings. The molecule has 0 unspecified atom stereocenters. The van der Waals surface area contributed by atoms with Crippen LogP contribution in [-0.4, -0.2) is 18.7 Å². The molecule has 6 heteroatoms. The van der Waals surface area contributed by atoms with Gasteiger partial charge in [0.25, 0.3) is 0 Å². The minimum atomic E-state index is -0.291. The van der Waals surface area contributed by atoms with E-state index in [0.29, 0.717) is 31.2 Å². The number of benzene rings is 2. The summed E-state index contributed by atoms with van der Waals surface area (Å²) in [5.74, 6) is 0.0926. The van der Waals surface area contributed by atoms with Crippen molar-refractivity contribution in [2.75, 3.05) is 7.11 Å². The molecule has 3 rings (SSSR count). The maximum Gasteiger partial charge on any atom is 0.197 e. The van der Waals surface area contributed by atoms with Crippen LogP contribution in [0.25, 0.3) is 11.0 Å². The van der Waals surface area contributed by atoms with E-state index in [2.05, 4.69) is 31.9 Å². The third-order valence-electron chi connectivity index (χ3n) is 3.61. The van der Waals surface area contributed by atoms with Crippen LogP contribution < -0.4 is 4.74 Å². The number of ether oxygens (including phenoxy) is 1. The summed E-state index contributed by atoms with van der Waals surface area (Å²) in [6, 6.07) is 10.4. The highest BCUT2D eigenvalue weighted by Gasteiger charge is 2.25. The van der Waals surface area contributed by atoms with Crippen LogP contribution in [0.1, 0.15) is 33.4 Å². The number of rotatable bonds is 4. The lowest BCUT2D eigenvalue weighted by molar-refractivity contribution is 0.0969. The van der Waals surface area contributed by atoms with E-state index in [-0.39, 0.29) is 22.9 Å². The van der Waals surface area contributed by atoms with E-state index in [1.807, 2.05) is 0 Å². The first kappa shape index (κ1) is 16.9. The predicted octanol–water partition coefficient (Wildman–Crippen LogP) is 5.40. The fourth-order valence-corrected chi connectivity index (χ4v) is 4.06. The number of ketones is 2. The Morgan fingerprint density at radius 3 is 2.29 bits per heavy atom. The van der Waals surface area contributed by atoms with Crippen molar-refractivity contribution < 1.29 is 18.7 Å². The summed E-state index contributed by atoms with van der Waals surface area (Å²) in [6.45, 7) is 1.38. The Kier molecular flexibility index (Phi) is 4.60. The van der Waals surface area contributed by atoms with Crippen LogP contribution in [0.2, 0.25) is 0 Å². The highest BCUT2D eigenvalue weighted by molar-refractivity contribution is 9.11. The number of hydrogen-bond donors (Lipinski definition) is 0. The van der Waals surface area contributed by atoms with Gasteiger partial charge in [-0.2, -0.15) is 0 Å². The zero-order valence-corrected chi connectivity index (χ0v) is 16.0. The Balaban J connectivity index is 2.22. The number of Topliss-reactive ketones (excluding diaryl/α,β-unsaturated/α-hetero) is 1. The number of halogens is 2. The van der Waals surface area contributed by atoms with E-state index in [1.165, 1.54) is 6.92 Å². The van der Waals surface area contributed by atoms with E-state index in [1.54, 1.807) is 43.5 Å². The van der Waals surface area contributed by atoms with E-state index >= 15 is 0 Å². The van der Waals surface area contributed by atoms with Crippen LogP contribution in [-0.2, 0) is 0 Å². The molecular weight excluding hydrogens is 440 g/mol. The molecule has 122 valence electrons. The van der Waals surface area contributed by atoms with Gasteiger partial charge in [-0.15, -0.1) is 0 Å². The Hall–Kier alpha value is -1.92. The van der Waals surface area contributed by atoms with Gasteiger partial charge in [0.2, 0.25) is 0 Å². The van der Waals surface area contributed by atoms with Crippen LogP contribution in [0.3, 0.4) is 0 Å². The Labute approximate surface area is 155 Å². The summed E-state index contributed by atoms with van der Waals surface area (Å²) in [5, 5.41) is 0.621. The van der Waals surface area contributed by atoms with Crippen molar-refractivity contribution in [1.29, 1.82) is 0 Å². The van der Waals surface area contributed by atoms with Crippen LogP contribution in [0.5, 0.6) is 5.75 Å². The van der Waals surface area contributed by atoms with Gasteiger partial charge in [0.05, 0.1) is 21.6 Å². The number of fused-ring (bicyclic) bond motifs is 1. The molecule has 0 aliphatic carbocycles. The largest absolute Gasteiger partial charge is 0.494 e. The number of para-hydroxylation sites is 1. The van der Waals surface area contributed by atoms with E-state index in [9.17, 15) is 9.59 Å². The molecule has 0 radical (unpaired) electrons. The highest BCUT2D eigenvalue weighted by atomic mass is 79.9. The summed E-state index contributed by atoms with van der Waals surface area (Å²) in [7, 11) is 1.55. The zero-order chi connectivity index (χ0) is 17.4. The molecule has 1 heterocycles. The Morgan fingerprint density at radius 2 is 1.71 bits per heavy atom. The second kappa shape index (κ2) is 6.53. The summed E-state index contributed by atoms with van der Waals surface area (Å²) in [5.41, 5.74) is 1.21. The van der Waals surface area contributed by atoms with Crippen molar-refractivity contribution >= 4 is 54.4 Å². The van der Waals surface area contributed by atoms with Gasteiger partial charge < -0.3 is 9.15 Å². The summed E-state index contributed by atoms with van der Waals surface area (Å²) >= 11 is 6.78. The zero-order valence-electron chi connectivity index (χ0n) is 12.9. The molecule has 0 spiro atoms. The van der Waals surface area contributed by atoms with Gasteiger partial charge in [-0.1, -0.05) is 18.2 Å². The molecule has 24 heavy (non-hydrogen) atoms. The standard InChI is InChI=1S/C18H12Br2O4/c1-9(21)17-15(11-5-3-4-6-14(11)24-17)16(22)10-7-12(19)18(23-2)13(20)8-10/h3-8H,1-2H3. The molecule has 0 aliphatic rings. The predicted molar refractivity (Wildman–Crippen MR) is 98.0 cm³/mol. The molecule has 0 amide bonds. The number of methoxy groups -OCH3 is 1. The molecule has 0 saturated heterocycles. The summed E-state index contributed by atoms with van der Waals surface area (Å²) in [4.78, 5) is 25.0. The van der Waals surface area contributed by atoms with Crippen LogP contribution >= 0.6 is 31.9 Å². The normalized spacial score (nSPS) is 10.8. The Bertz CT molecular complexity index is 949. The quantitative estimate of drug-likeness (QED) is 0.498. The summed E-state index contributed by atoms with van der Waals surface area (Å²) < 4.78 is 12.1. The molecule has 1 aromatic heterocycles. The van der Waals surface area contributed by atoms with Crippen molar-refractivity contribution in [3.05, 3.63) is 62.2 Å². The molecular formula is C18H12Br2O4. The molecule has 3 aromatic rings. The van der Waals surface area contributed by atoms with E-state index < -0.39 is 0 Å². The maximum atomic E-state index is 13.1. The first-order valence-electron chi connectivity index (χ1n) is 7.04. The van der Waals surface area contributed by atoms with Gasteiger partial charge in [-0.3, -0.25) is 9.59 Å². The van der Waals surface area contributed by atoms with Gasteiger partial charge in [-0.25, -0.2) is 0 Å². The fourth-order valence-electron chi connectivity index (χ4n) is 2.55. The number of furan rings is 1. The Morgan fingerprint density at radius 1 is 1.08 bits per heavy atom. The van der Waals surface area contributed by atoms with Crippen molar-refractivity contribution in [1.82, 2.24) is 0 Å². The fraction of sp³-hybridized carbons (Fsp3) is 0.111. The van der Waals surface area contributed by atoms with Crippen molar-refractivity contribution in [3.8, 4) is 5.75 Å². The molecule has 4 nitrogen and oxygen atoms in total. The van der Waals surface area contributed by atoms with Crippen molar-refractivity contribution in [3.63, 3.8) is 0 Å². The van der Waals surface area contributed by atoms with Crippen LogP contribution in [0.4, 0.5) is 0 Å². The van der Waals surface area contributed by atoms with E-state index in [0.717, 1.165) is 0 Å². The molecule has 0 N–H and O–H groups in total. The molecule has 0 bridgehead atoms. The lowest BCUT2D eigenvalue weighted by atomic mass is 9.99. The minimum absolute atomic E-state index is 0.0734. The monoisotopic (exact) mass is 450 g/mol. The first-order chi connectivity index (χ1) is 11.4. The van der Waals surface area contributed by atoms with Gasteiger partial charge in [0.1, 0.15) is 11.3 Å². The minimum Gasteiger partial charge on any atom is -0.494 e. The average Bonchev–Trinajstić information content (AvgIpc) is 2.93. The summed E-state index contributed by atoms with van der Waals surface area (Å²) in [6.07, 6.45) is 0. The molecule has 2 aromatic carbocycles.